The normalized spacial score (nSPS) is 10.4. The maximum atomic E-state index is 5.19. The van der Waals surface area contributed by atoms with Crippen molar-refractivity contribution in [2.75, 3.05) is 13.7 Å². The Bertz CT molecular complexity index is 228. The van der Waals surface area contributed by atoms with Crippen LogP contribution in [0.3, 0.4) is 0 Å². The molecule has 0 aliphatic heterocycles. The summed E-state index contributed by atoms with van der Waals surface area (Å²) in [5.74, 6) is 0.665. The summed E-state index contributed by atoms with van der Waals surface area (Å²) in [5.41, 5.74) is 0. The molecule has 0 saturated carbocycles. The van der Waals surface area contributed by atoms with E-state index in [4.69, 9.17) is 14.5 Å². The van der Waals surface area contributed by atoms with Gasteiger partial charge in [0.2, 0.25) is 0 Å². The number of benzene rings is 1. The second kappa shape index (κ2) is 5.53. The Balaban J connectivity index is 2.46. The SMILES string of the molecule is CCON(OC)Oc1ccccc1. The molecule has 0 unspecified atom stereocenters. The van der Waals surface area contributed by atoms with Gasteiger partial charge in [-0.25, -0.2) is 9.68 Å². The molecule has 0 heterocycles. The van der Waals surface area contributed by atoms with Crippen molar-refractivity contribution in [3.63, 3.8) is 0 Å². The van der Waals surface area contributed by atoms with Crippen molar-refractivity contribution in [1.82, 2.24) is 5.39 Å². The summed E-state index contributed by atoms with van der Waals surface area (Å²) in [6, 6.07) is 9.27. The van der Waals surface area contributed by atoms with E-state index in [2.05, 4.69) is 0 Å². The van der Waals surface area contributed by atoms with Crippen LogP contribution in [0.25, 0.3) is 0 Å². The highest BCUT2D eigenvalue weighted by atomic mass is 17.2. The van der Waals surface area contributed by atoms with Crippen LogP contribution in [0.15, 0.2) is 30.3 Å². The molecule has 0 fully saturated rings. The predicted molar refractivity (Wildman–Crippen MR) is 47.5 cm³/mol. The zero-order chi connectivity index (χ0) is 9.52. The van der Waals surface area contributed by atoms with E-state index in [-0.39, 0.29) is 0 Å². The number of hydrogen-bond acceptors (Lipinski definition) is 4. The Kier molecular flexibility index (Phi) is 4.25. The Labute approximate surface area is 77.5 Å². The lowest BCUT2D eigenvalue weighted by atomic mass is 10.3. The second-order valence-corrected chi connectivity index (χ2v) is 2.23. The molecule has 0 aromatic heterocycles. The lowest BCUT2D eigenvalue weighted by molar-refractivity contribution is -0.481. The van der Waals surface area contributed by atoms with Crippen LogP contribution in [0.5, 0.6) is 5.75 Å². The highest BCUT2D eigenvalue weighted by Crippen LogP contribution is 2.10. The minimum absolute atomic E-state index is 0.487. The molecule has 1 aromatic carbocycles. The predicted octanol–water partition coefficient (Wildman–Crippen LogP) is 1.80. The van der Waals surface area contributed by atoms with Gasteiger partial charge in [0, 0.05) is 0 Å². The molecule has 0 spiro atoms. The zero-order valence-electron chi connectivity index (χ0n) is 7.77. The van der Waals surface area contributed by atoms with E-state index in [1.54, 1.807) is 0 Å². The third kappa shape index (κ3) is 3.42. The molecular formula is C9H13NO3. The first-order valence-corrected chi connectivity index (χ1v) is 4.07. The lowest BCUT2D eigenvalue weighted by Gasteiger charge is -2.16. The Hall–Kier alpha value is -1.10. The van der Waals surface area contributed by atoms with E-state index in [1.807, 2.05) is 37.3 Å². The van der Waals surface area contributed by atoms with Crippen molar-refractivity contribution in [1.29, 1.82) is 0 Å². The van der Waals surface area contributed by atoms with Gasteiger partial charge in [-0.15, -0.1) is 0 Å². The topological polar surface area (TPSA) is 30.9 Å². The highest BCUT2D eigenvalue weighted by molar-refractivity contribution is 5.20. The number of para-hydroxylation sites is 1. The maximum Gasteiger partial charge on any atom is 0.153 e. The van der Waals surface area contributed by atoms with Gasteiger partial charge < -0.3 is 4.84 Å². The van der Waals surface area contributed by atoms with Crippen LogP contribution in [-0.2, 0) is 9.68 Å². The average Bonchev–Trinajstić information content (AvgIpc) is 2.19. The van der Waals surface area contributed by atoms with Crippen molar-refractivity contribution in [3.05, 3.63) is 30.3 Å². The minimum atomic E-state index is 0.487. The summed E-state index contributed by atoms with van der Waals surface area (Å²) >= 11 is 0. The first-order chi connectivity index (χ1) is 6.36. The van der Waals surface area contributed by atoms with Crippen molar-refractivity contribution in [2.45, 2.75) is 6.92 Å². The molecular weight excluding hydrogens is 170 g/mol. The summed E-state index contributed by atoms with van der Waals surface area (Å²) in [6.07, 6.45) is 0. The van der Waals surface area contributed by atoms with Gasteiger partial charge >= 0.3 is 0 Å². The van der Waals surface area contributed by atoms with Gasteiger partial charge in [-0.05, 0) is 19.1 Å². The molecule has 1 rings (SSSR count). The summed E-state index contributed by atoms with van der Waals surface area (Å²) in [4.78, 5) is 15.0. The summed E-state index contributed by atoms with van der Waals surface area (Å²) in [7, 11) is 1.47. The van der Waals surface area contributed by atoms with Gasteiger partial charge in [0.1, 0.15) is 5.39 Å². The van der Waals surface area contributed by atoms with Crippen LogP contribution < -0.4 is 4.84 Å². The van der Waals surface area contributed by atoms with Gasteiger partial charge in [0.25, 0.3) is 0 Å². The summed E-state index contributed by atoms with van der Waals surface area (Å²) < 4.78 is 0. The average molecular weight is 183 g/mol. The number of nitrogens with zero attached hydrogens (tertiary/aromatic N) is 1. The van der Waals surface area contributed by atoms with Crippen molar-refractivity contribution in [3.8, 4) is 5.75 Å². The zero-order valence-corrected chi connectivity index (χ0v) is 7.77. The number of hydrogen-bond donors (Lipinski definition) is 0. The molecule has 0 bridgehead atoms. The summed E-state index contributed by atoms with van der Waals surface area (Å²) in [5, 5.41) is 0.968. The first kappa shape index (κ1) is 9.98. The molecule has 13 heavy (non-hydrogen) atoms. The van der Waals surface area contributed by atoms with E-state index in [0.717, 1.165) is 5.39 Å². The van der Waals surface area contributed by atoms with Crippen molar-refractivity contribution in [2.24, 2.45) is 0 Å². The van der Waals surface area contributed by atoms with E-state index >= 15 is 0 Å². The molecule has 0 atom stereocenters. The van der Waals surface area contributed by atoms with E-state index in [9.17, 15) is 0 Å². The van der Waals surface area contributed by atoms with Crippen LogP contribution in [0.2, 0.25) is 0 Å². The van der Waals surface area contributed by atoms with Gasteiger partial charge in [-0.3, -0.25) is 0 Å². The third-order valence-corrected chi connectivity index (χ3v) is 1.31. The molecule has 0 aliphatic rings. The van der Waals surface area contributed by atoms with Crippen LogP contribution in [0.1, 0.15) is 6.92 Å². The van der Waals surface area contributed by atoms with Gasteiger partial charge in [-0.1, -0.05) is 18.2 Å². The molecule has 72 valence electrons. The van der Waals surface area contributed by atoms with Crippen molar-refractivity contribution >= 4 is 0 Å². The maximum absolute atomic E-state index is 5.19. The molecule has 4 heteroatoms. The van der Waals surface area contributed by atoms with Crippen LogP contribution in [0.4, 0.5) is 0 Å². The quantitative estimate of drug-likeness (QED) is 0.651. The largest absolute Gasteiger partial charge is 0.357 e. The first-order valence-electron chi connectivity index (χ1n) is 4.07. The lowest BCUT2D eigenvalue weighted by Crippen LogP contribution is -2.26. The smallest absolute Gasteiger partial charge is 0.153 e. The second-order valence-electron chi connectivity index (χ2n) is 2.23. The van der Waals surface area contributed by atoms with E-state index in [0.29, 0.717) is 12.4 Å². The molecule has 0 amide bonds. The van der Waals surface area contributed by atoms with Crippen LogP contribution >= 0.6 is 0 Å². The van der Waals surface area contributed by atoms with Crippen LogP contribution in [0, 0.1) is 0 Å². The third-order valence-electron chi connectivity index (χ3n) is 1.31. The number of rotatable bonds is 5. The molecule has 1 aromatic rings. The summed E-state index contributed by atoms with van der Waals surface area (Å²) in [6.45, 7) is 2.33. The highest BCUT2D eigenvalue weighted by Gasteiger charge is 2.04. The fourth-order valence-corrected chi connectivity index (χ4v) is 0.789. The molecule has 0 radical (unpaired) electrons. The van der Waals surface area contributed by atoms with Crippen LogP contribution in [-0.4, -0.2) is 19.1 Å². The van der Waals surface area contributed by atoms with Gasteiger partial charge in [0.05, 0.1) is 13.7 Å². The van der Waals surface area contributed by atoms with E-state index in [1.165, 1.54) is 7.11 Å². The van der Waals surface area contributed by atoms with Crippen molar-refractivity contribution < 1.29 is 14.5 Å². The molecule has 4 nitrogen and oxygen atoms in total. The minimum Gasteiger partial charge on any atom is -0.357 e. The molecule has 0 N–H and O–H groups in total. The standard InChI is InChI=1S/C9H13NO3/c1-3-12-10(11-2)13-9-7-5-4-6-8-9/h4-8H,3H2,1-2H3. The fraction of sp³-hybridized carbons (Fsp3) is 0.333. The van der Waals surface area contributed by atoms with E-state index < -0.39 is 0 Å². The monoisotopic (exact) mass is 183 g/mol. The Morgan fingerprint density at radius 3 is 2.46 bits per heavy atom. The molecule has 0 aliphatic carbocycles. The Morgan fingerprint density at radius 2 is 1.92 bits per heavy atom. The molecule has 0 saturated heterocycles. The Morgan fingerprint density at radius 1 is 1.23 bits per heavy atom. The van der Waals surface area contributed by atoms with Gasteiger partial charge in [0.15, 0.2) is 5.75 Å². The van der Waals surface area contributed by atoms with Gasteiger partial charge in [-0.2, -0.15) is 0 Å². The fourth-order valence-electron chi connectivity index (χ4n) is 0.789.